The third-order valence-electron chi connectivity index (χ3n) is 4.96. The van der Waals surface area contributed by atoms with Gasteiger partial charge in [-0.25, -0.2) is 0 Å². The zero-order valence-corrected chi connectivity index (χ0v) is 18.4. The van der Waals surface area contributed by atoms with Gasteiger partial charge in [-0.3, -0.25) is 9.89 Å². The Morgan fingerprint density at radius 2 is 1.81 bits per heavy atom. The highest BCUT2D eigenvalue weighted by atomic mass is 32.2. The monoisotopic (exact) mass is 394 g/mol. The molecule has 0 aromatic heterocycles. The molecule has 1 fully saturated rings. The largest absolute Gasteiger partial charge is 0.493 e. The number of guanidine groups is 1. The van der Waals surface area contributed by atoms with Gasteiger partial charge in [0.2, 0.25) is 0 Å². The first-order valence-electron chi connectivity index (χ1n) is 9.36. The zero-order chi connectivity index (χ0) is 19.9. The summed E-state index contributed by atoms with van der Waals surface area (Å²) in [6.07, 6.45) is 2.15. The minimum absolute atomic E-state index is 0.200. The van der Waals surface area contributed by atoms with E-state index in [0.29, 0.717) is 0 Å². The number of hydrogen-bond acceptors (Lipinski definition) is 5. The van der Waals surface area contributed by atoms with Crippen LogP contribution >= 0.6 is 11.8 Å². The maximum atomic E-state index is 5.42. The molecule has 0 atom stereocenters. The normalized spacial score (nSPS) is 16.4. The van der Waals surface area contributed by atoms with Crippen molar-refractivity contribution in [2.45, 2.75) is 25.1 Å². The van der Waals surface area contributed by atoms with Crippen molar-refractivity contribution in [2.75, 3.05) is 60.2 Å². The molecule has 1 aliphatic heterocycles. The van der Waals surface area contributed by atoms with Gasteiger partial charge in [0.1, 0.15) is 0 Å². The minimum Gasteiger partial charge on any atom is -0.493 e. The van der Waals surface area contributed by atoms with E-state index in [2.05, 4.69) is 52.3 Å². The molecule has 0 radical (unpaired) electrons. The topological polar surface area (TPSA) is 49.3 Å². The summed E-state index contributed by atoms with van der Waals surface area (Å²) in [5.74, 6) is 2.56. The molecule has 6 nitrogen and oxygen atoms in total. The SMILES string of the molecule is CN=C(NCC(C)(C)SC)N1CCN(Cc2ccc(OC)c(OC)c2)CC1. The summed E-state index contributed by atoms with van der Waals surface area (Å²) in [5.41, 5.74) is 1.24. The lowest BCUT2D eigenvalue weighted by molar-refractivity contribution is 0.172. The van der Waals surface area contributed by atoms with Crippen LogP contribution in [-0.4, -0.2) is 80.8 Å². The number of nitrogens with one attached hydrogen (secondary N) is 1. The van der Waals surface area contributed by atoms with Crippen LogP contribution in [0, 0.1) is 0 Å². The van der Waals surface area contributed by atoms with Gasteiger partial charge in [0.05, 0.1) is 14.2 Å². The van der Waals surface area contributed by atoms with E-state index in [4.69, 9.17) is 9.47 Å². The van der Waals surface area contributed by atoms with Crippen LogP contribution in [0.15, 0.2) is 23.2 Å². The lowest BCUT2D eigenvalue weighted by Gasteiger charge is -2.37. The maximum Gasteiger partial charge on any atom is 0.193 e. The fraction of sp³-hybridized carbons (Fsp3) is 0.650. The van der Waals surface area contributed by atoms with Gasteiger partial charge in [-0.15, -0.1) is 0 Å². The third kappa shape index (κ3) is 6.21. The van der Waals surface area contributed by atoms with Crippen molar-refractivity contribution in [3.63, 3.8) is 0 Å². The number of nitrogens with zero attached hydrogens (tertiary/aromatic N) is 3. The second-order valence-electron chi connectivity index (χ2n) is 7.32. The van der Waals surface area contributed by atoms with Crippen LogP contribution in [0.5, 0.6) is 11.5 Å². The van der Waals surface area contributed by atoms with Crippen LogP contribution < -0.4 is 14.8 Å². The highest BCUT2D eigenvalue weighted by Crippen LogP contribution is 2.28. The van der Waals surface area contributed by atoms with Gasteiger partial charge < -0.3 is 19.7 Å². The second kappa shape index (κ2) is 10.1. The molecule has 7 heteroatoms. The molecular formula is C20H34N4O2S. The van der Waals surface area contributed by atoms with Crippen molar-refractivity contribution < 1.29 is 9.47 Å². The molecule has 0 amide bonds. The van der Waals surface area contributed by atoms with Crippen molar-refractivity contribution in [3.8, 4) is 11.5 Å². The van der Waals surface area contributed by atoms with E-state index in [1.807, 2.05) is 24.9 Å². The quantitative estimate of drug-likeness (QED) is 0.567. The summed E-state index contributed by atoms with van der Waals surface area (Å²) in [6.45, 7) is 10.3. The van der Waals surface area contributed by atoms with E-state index >= 15 is 0 Å². The summed E-state index contributed by atoms with van der Waals surface area (Å²) >= 11 is 1.87. The summed E-state index contributed by atoms with van der Waals surface area (Å²) in [6, 6.07) is 6.15. The van der Waals surface area contributed by atoms with Gasteiger partial charge in [-0.2, -0.15) is 11.8 Å². The van der Waals surface area contributed by atoms with Crippen molar-refractivity contribution in [2.24, 2.45) is 4.99 Å². The van der Waals surface area contributed by atoms with Crippen LogP contribution in [0.2, 0.25) is 0 Å². The van der Waals surface area contributed by atoms with Gasteiger partial charge in [0.25, 0.3) is 0 Å². The van der Waals surface area contributed by atoms with Crippen molar-refractivity contribution >= 4 is 17.7 Å². The standard InChI is InChI=1S/C20H34N4O2S/c1-20(2,27-6)15-22-19(21-3)24-11-9-23(10-12-24)14-16-7-8-17(25-4)18(13-16)26-5/h7-8,13H,9-12,14-15H2,1-6H3,(H,21,22). The number of aliphatic imine (C=N–C) groups is 1. The summed E-state index contributed by atoms with van der Waals surface area (Å²) < 4.78 is 10.9. The number of ether oxygens (including phenoxy) is 2. The Morgan fingerprint density at radius 1 is 1.15 bits per heavy atom. The van der Waals surface area contributed by atoms with Crippen LogP contribution in [0.1, 0.15) is 19.4 Å². The first-order chi connectivity index (χ1) is 12.9. The zero-order valence-electron chi connectivity index (χ0n) is 17.5. The molecule has 152 valence electrons. The van der Waals surface area contributed by atoms with E-state index in [0.717, 1.165) is 56.7 Å². The van der Waals surface area contributed by atoms with E-state index in [1.165, 1.54) is 5.56 Å². The van der Waals surface area contributed by atoms with Crippen LogP contribution in [0.25, 0.3) is 0 Å². The minimum atomic E-state index is 0.200. The van der Waals surface area contributed by atoms with Crippen molar-refractivity contribution in [1.82, 2.24) is 15.1 Å². The second-order valence-corrected chi connectivity index (χ2v) is 8.83. The number of piperazine rings is 1. The molecule has 0 aliphatic carbocycles. The molecule has 2 rings (SSSR count). The Hall–Kier alpha value is -1.60. The van der Waals surface area contributed by atoms with Crippen molar-refractivity contribution in [1.29, 1.82) is 0 Å². The third-order valence-corrected chi connectivity index (χ3v) is 6.21. The van der Waals surface area contributed by atoms with E-state index in [9.17, 15) is 0 Å². The molecule has 1 saturated heterocycles. The Kier molecular flexibility index (Phi) is 8.10. The molecule has 1 aliphatic rings. The number of thioether (sulfide) groups is 1. The molecule has 0 unspecified atom stereocenters. The Morgan fingerprint density at radius 3 is 2.37 bits per heavy atom. The average Bonchev–Trinajstić information content (AvgIpc) is 2.69. The Bertz CT molecular complexity index is 628. The summed E-state index contributed by atoms with van der Waals surface area (Å²) in [7, 11) is 5.21. The summed E-state index contributed by atoms with van der Waals surface area (Å²) in [5, 5.41) is 3.53. The molecule has 1 N–H and O–H groups in total. The van der Waals surface area contributed by atoms with Crippen LogP contribution in [0.3, 0.4) is 0 Å². The molecule has 1 aromatic carbocycles. The average molecular weight is 395 g/mol. The van der Waals surface area contributed by atoms with Gasteiger partial charge in [0, 0.05) is 51.1 Å². The first-order valence-corrected chi connectivity index (χ1v) is 10.6. The molecule has 0 saturated carbocycles. The predicted molar refractivity (Wildman–Crippen MR) is 115 cm³/mol. The molecule has 0 bridgehead atoms. The van der Waals surface area contributed by atoms with E-state index < -0.39 is 0 Å². The lowest BCUT2D eigenvalue weighted by Crippen LogP contribution is -2.53. The number of rotatable bonds is 7. The Labute approximate surface area is 168 Å². The van der Waals surface area contributed by atoms with Crippen LogP contribution in [0.4, 0.5) is 0 Å². The van der Waals surface area contributed by atoms with Gasteiger partial charge in [0.15, 0.2) is 17.5 Å². The lowest BCUT2D eigenvalue weighted by atomic mass is 10.1. The fourth-order valence-electron chi connectivity index (χ4n) is 3.05. The highest BCUT2D eigenvalue weighted by molar-refractivity contribution is 7.99. The number of benzene rings is 1. The smallest absolute Gasteiger partial charge is 0.193 e. The fourth-order valence-corrected chi connectivity index (χ4v) is 3.27. The van der Waals surface area contributed by atoms with E-state index in [1.54, 1.807) is 14.2 Å². The molecule has 27 heavy (non-hydrogen) atoms. The molecular weight excluding hydrogens is 360 g/mol. The number of methoxy groups -OCH3 is 2. The van der Waals surface area contributed by atoms with Crippen LogP contribution in [-0.2, 0) is 6.54 Å². The predicted octanol–water partition coefficient (Wildman–Crippen LogP) is 2.54. The highest BCUT2D eigenvalue weighted by Gasteiger charge is 2.22. The van der Waals surface area contributed by atoms with Gasteiger partial charge in [-0.05, 0) is 37.8 Å². The van der Waals surface area contributed by atoms with Gasteiger partial charge in [-0.1, -0.05) is 6.07 Å². The molecule has 1 aromatic rings. The maximum absolute atomic E-state index is 5.42. The van der Waals surface area contributed by atoms with Gasteiger partial charge >= 0.3 is 0 Å². The Balaban J connectivity index is 1.87. The number of hydrogen-bond donors (Lipinski definition) is 1. The van der Waals surface area contributed by atoms with E-state index in [-0.39, 0.29) is 4.75 Å². The summed E-state index contributed by atoms with van der Waals surface area (Å²) in [4.78, 5) is 9.29. The van der Waals surface area contributed by atoms with Crippen molar-refractivity contribution in [3.05, 3.63) is 23.8 Å². The molecule has 1 heterocycles. The first kappa shape index (κ1) is 21.7. The molecule has 0 spiro atoms.